The number of nitrogen functional groups attached to an aromatic ring is 1. The molecule has 0 unspecified atom stereocenters. The van der Waals surface area contributed by atoms with Crippen LogP contribution in [0.2, 0.25) is 0 Å². The first-order valence-electron chi connectivity index (χ1n) is 6.12. The summed E-state index contributed by atoms with van der Waals surface area (Å²) in [5, 5.41) is 3.26. The predicted octanol–water partition coefficient (Wildman–Crippen LogP) is 2.20. The van der Waals surface area contributed by atoms with Gasteiger partial charge in [0, 0.05) is 19.7 Å². The van der Waals surface area contributed by atoms with Crippen LogP contribution in [0.1, 0.15) is 38.4 Å². The largest absolute Gasteiger partial charge is 0.384 e. The highest BCUT2D eigenvalue weighted by molar-refractivity contribution is 5.44. The molecule has 5 nitrogen and oxygen atoms in total. The summed E-state index contributed by atoms with van der Waals surface area (Å²) in [5.41, 5.74) is 5.69. The quantitative estimate of drug-likeness (QED) is 0.679. The fraction of sp³-hybridized carbons (Fsp3) is 0.667. The molecule has 0 saturated heterocycles. The van der Waals surface area contributed by atoms with E-state index in [-0.39, 0.29) is 0 Å². The third kappa shape index (κ3) is 5.49. The van der Waals surface area contributed by atoms with E-state index in [2.05, 4.69) is 22.2 Å². The second-order valence-corrected chi connectivity index (χ2v) is 4.01. The Labute approximate surface area is 103 Å². The van der Waals surface area contributed by atoms with Crippen molar-refractivity contribution in [2.75, 3.05) is 24.7 Å². The summed E-state index contributed by atoms with van der Waals surface area (Å²) in [6, 6.07) is 1.75. The first-order chi connectivity index (χ1) is 8.26. The van der Waals surface area contributed by atoms with Crippen molar-refractivity contribution < 1.29 is 4.74 Å². The SMILES string of the molecule is CCCCCCNc1cc(N)nc(COC)n1. The lowest BCUT2D eigenvalue weighted by molar-refractivity contribution is 0.178. The van der Waals surface area contributed by atoms with Crippen molar-refractivity contribution >= 4 is 11.6 Å². The number of hydrogen-bond donors (Lipinski definition) is 2. The van der Waals surface area contributed by atoms with E-state index < -0.39 is 0 Å². The highest BCUT2D eigenvalue weighted by atomic mass is 16.5. The smallest absolute Gasteiger partial charge is 0.158 e. The lowest BCUT2D eigenvalue weighted by atomic mass is 10.2. The van der Waals surface area contributed by atoms with E-state index in [1.807, 2.05) is 0 Å². The van der Waals surface area contributed by atoms with Crippen LogP contribution >= 0.6 is 0 Å². The number of nitrogens with one attached hydrogen (secondary N) is 1. The van der Waals surface area contributed by atoms with Gasteiger partial charge in [0.15, 0.2) is 5.82 Å². The fourth-order valence-corrected chi connectivity index (χ4v) is 1.57. The Bertz CT molecular complexity index is 330. The number of anilines is 2. The molecule has 0 amide bonds. The molecule has 1 aromatic heterocycles. The van der Waals surface area contributed by atoms with Crippen LogP contribution in [0.25, 0.3) is 0 Å². The molecule has 3 N–H and O–H groups in total. The number of ether oxygens (including phenoxy) is 1. The Hall–Kier alpha value is -1.36. The molecule has 0 spiro atoms. The molecule has 0 bridgehead atoms. The van der Waals surface area contributed by atoms with Gasteiger partial charge in [-0.05, 0) is 6.42 Å². The van der Waals surface area contributed by atoms with Crippen molar-refractivity contribution in [1.29, 1.82) is 0 Å². The Morgan fingerprint density at radius 2 is 2.12 bits per heavy atom. The average molecular weight is 238 g/mol. The summed E-state index contributed by atoms with van der Waals surface area (Å²) in [7, 11) is 1.62. The van der Waals surface area contributed by atoms with Crippen molar-refractivity contribution in [3.05, 3.63) is 11.9 Å². The van der Waals surface area contributed by atoms with Gasteiger partial charge in [-0.2, -0.15) is 0 Å². The Morgan fingerprint density at radius 3 is 2.82 bits per heavy atom. The minimum Gasteiger partial charge on any atom is -0.384 e. The Kier molecular flexibility index (Phi) is 6.32. The van der Waals surface area contributed by atoms with E-state index in [0.717, 1.165) is 18.8 Å². The van der Waals surface area contributed by atoms with E-state index in [1.165, 1.54) is 19.3 Å². The van der Waals surface area contributed by atoms with Crippen LogP contribution in [-0.4, -0.2) is 23.6 Å². The van der Waals surface area contributed by atoms with E-state index in [0.29, 0.717) is 18.2 Å². The molecule has 0 aliphatic rings. The predicted molar refractivity (Wildman–Crippen MR) is 69.8 cm³/mol. The van der Waals surface area contributed by atoms with E-state index in [4.69, 9.17) is 10.5 Å². The van der Waals surface area contributed by atoms with E-state index in [1.54, 1.807) is 13.2 Å². The molecule has 0 saturated carbocycles. The van der Waals surface area contributed by atoms with Crippen molar-refractivity contribution in [1.82, 2.24) is 9.97 Å². The molecule has 96 valence electrons. The molecule has 0 atom stereocenters. The van der Waals surface area contributed by atoms with Crippen molar-refractivity contribution in [2.45, 2.75) is 39.2 Å². The van der Waals surface area contributed by atoms with Gasteiger partial charge >= 0.3 is 0 Å². The zero-order chi connectivity index (χ0) is 12.5. The first kappa shape index (κ1) is 13.7. The van der Waals surface area contributed by atoms with Crippen LogP contribution in [0.3, 0.4) is 0 Å². The fourth-order valence-electron chi connectivity index (χ4n) is 1.57. The van der Waals surface area contributed by atoms with Crippen LogP contribution in [0.5, 0.6) is 0 Å². The average Bonchev–Trinajstić information content (AvgIpc) is 2.28. The molecule has 1 aromatic rings. The number of nitrogens with zero attached hydrogens (tertiary/aromatic N) is 2. The third-order valence-corrected chi connectivity index (χ3v) is 2.40. The summed E-state index contributed by atoms with van der Waals surface area (Å²) < 4.78 is 4.99. The van der Waals surface area contributed by atoms with Crippen LogP contribution in [0, 0.1) is 0 Å². The van der Waals surface area contributed by atoms with Crippen LogP contribution in [-0.2, 0) is 11.3 Å². The van der Waals surface area contributed by atoms with Gasteiger partial charge in [-0.3, -0.25) is 0 Å². The minimum atomic E-state index is 0.384. The molecular formula is C12H22N4O. The zero-order valence-electron chi connectivity index (χ0n) is 10.7. The molecular weight excluding hydrogens is 216 g/mol. The molecule has 5 heteroatoms. The molecule has 0 aliphatic heterocycles. The van der Waals surface area contributed by atoms with Crippen molar-refractivity contribution in [3.8, 4) is 0 Å². The van der Waals surface area contributed by atoms with E-state index in [9.17, 15) is 0 Å². The van der Waals surface area contributed by atoms with Crippen molar-refractivity contribution in [2.24, 2.45) is 0 Å². The molecule has 1 rings (SSSR count). The summed E-state index contributed by atoms with van der Waals surface area (Å²) in [4.78, 5) is 8.40. The van der Waals surface area contributed by atoms with Crippen LogP contribution in [0.4, 0.5) is 11.6 Å². The number of hydrogen-bond acceptors (Lipinski definition) is 5. The van der Waals surface area contributed by atoms with Gasteiger partial charge in [0.25, 0.3) is 0 Å². The van der Waals surface area contributed by atoms with Crippen molar-refractivity contribution in [3.63, 3.8) is 0 Å². The van der Waals surface area contributed by atoms with E-state index >= 15 is 0 Å². The summed E-state index contributed by atoms with van der Waals surface area (Å²) >= 11 is 0. The Morgan fingerprint density at radius 1 is 1.29 bits per heavy atom. The lowest BCUT2D eigenvalue weighted by Gasteiger charge is -2.07. The third-order valence-electron chi connectivity index (χ3n) is 2.40. The minimum absolute atomic E-state index is 0.384. The molecule has 1 heterocycles. The molecule has 0 aromatic carbocycles. The van der Waals surface area contributed by atoms with Gasteiger partial charge in [-0.25, -0.2) is 9.97 Å². The summed E-state index contributed by atoms with van der Waals surface area (Å²) in [6.45, 7) is 3.51. The molecule has 0 aliphatic carbocycles. The van der Waals surface area contributed by atoms with Gasteiger partial charge in [-0.15, -0.1) is 0 Å². The van der Waals surface area contributed by atoms with Crippen LogP contribution in [0.15, 0.2) is 6.07 Å². The monoisotopic (exact) mass is 238 g/mol. The summed E-state index contributed by atoms with van der Waals surface area (Å²) in [6.07, 6.45) is 4.92. The van der Waals surface area contributed by atoms with Gasteiger partial charge in [0.2, 0.25) is 0 Å². The van der Waals surface area contributed by atoms with Gasteiger partial charge in [0.1, 0.15) is 18.2 Å². The highest BCUT2D eigenvalue weighted by Crippen LogP contribution is 2.09. The number of aromatic nitrogens is 2. The van der Waals surface area contributed by atoms with Gasteiger partial charge in [-0.1, -0.05) is 26.2 Å². The highest BCUT2D eigenvalue weighted by Gasteiger charge is 2.01. The maximum absolute atomic E-state index is 5.69. The second kappa shape index (κ2) is 7.84. The topological polar surface area (TPSA) is 73.1 Å². The number of nitrogens with two attached hydrogens (primary N) is 1. The normalized spacial score (nSPS) is 10.5. The maximum atomic E-state index is 5.69. The molecule has 0 radical (unpaired) electrons. The first-order valence-corrected chi connectivity index (χ1v) is 6.12. The van der Waals surface area contributed by atoms with Crippen LogP contribution < -0.4 is 11.1 Å². The summed E-state index contributed by atoms with van der Waals surface area (Å²) in [5.74, 6) is 1.87. The lowest BCUT2D eigenvalue weighted by Crippen LogP contribution is -2.08. The second-order valence-electron chi connectivity index (χ2n) is 4.01. The van der Waals surface area contributed by atoms with Gasteiger partial charge in [0.05, 0.1) is 0 Å². The number of unbranched alkanes of at least 4 members (excludes halogenated alkanes) is 3. The van der Waals surface area contributed by atoms with Gasteiger partial charge < -0.3 is 15.8 Å². The standard InChI is InChI=1S/C12H22N4O/c1-3-4-5-6-7-14-11-8-10(13)15-12(16-11)9-17-2/h8H,3-7,9H2,1-2H3,(H3,13,14,15,16). The number of rotatable bonds is 8. The maximum Gasteiger partial charge on any atom is 0.158 e. The molecule has 0 fully saturated rings. The number of methoxy groups -OCH3 is 1. The molecule has 17 heavy (non-hydrogen) atoms. The zero-order valence-corrected chi connectivity index (χ0v) is 10.7. The Balaban J connectivity index is 2.41.